The Labute approximate surface area is 210 Å². The summed E-state index contributed by atoms with van der Waals surface area (Å²) in [5.41, 5.74) is 0.942. The van der Waals surface area contributed by atoms with Crippen molar-refractivity contribution in [3.8, 4) is 5.75 Å². The predicted molar refractivity (Wildman–Crippen MR) is 131 cm³/mol. The van der Waals surface area contributed by atoms with Crippen LogP contribution in [0.4, 0.5) is 29.5 Å². The van der Waals surface area contributed by atoms with Gasteiger partial charge in [0, 0.05) is 22.5 Å². The summed E-state index contributed by atoms with van der Waals surface area (Å²) in [7, 11) is 0. The van der Waals surface area contributed by atoms with Gasteiger partial charge in [-0.15, -0.1) is 24.9 Å². The summed E-state index contributed by atoms with van der Waals surface area (Å²) >= 11 is 1.41. The van der Waals surface area contributed by atoms with E-state index in [1.165, 1.54) is 23.9 Å². The van der Waals surface area contributed by atoms with E-state index in [0.29, 0.717) is 27.7 Å². The number of halogens is 3. The molecule has 0 bridgehead atoms. The molecule has 0 spiro atoms. The van der Waals surface area contributed by atoms with E-state index in [1.807, 2.05) is 0 Å². The Morgan fingerprint density at radius 3 is 2.33 bits per heavy atom. The molecule has 0 fully saturated rings. The van der Waals surface area contributed by atoms with Crippen LogP contribution in [-0.4, -0.2) is 28.9 Å². The molecule has 3 aromatic rings. The Balaban J connectivity index is 1.63. The second kappa shape index (κ2) is 11.3. The maximum atomic E-state index is 12.8. The Morgan fingerprint density at radius 2 is 1.67 bits per heavy atom. The second-order valence-electron chi connectivity index (χ2n) is 8.49. The standard InChI is InChI=1S/C25H24F3N3O4S/c1-24(2,3)35-23(33)31-21-14-16(12-13-29-21)15-36-20-7-5-4-6-19(20)22(32)30-17-8-10-18(11-9-17)34-25(26,27)28/h4-14H,15H2,1-3H3,(H,30,32)(H,29,31,33). The third-order valence-corrected chi connectivity index (χ3v) is 5.47. The highest BCUT2D eigenvalue weighted by atomic mass is 32.2. The van der Waals surface area contributed by atoms with Crippen molar-refractivity contribution in [3.05, 3.63) is 78.0 Å². The third-order valence-electron chi connectivity index (χ3n) is 4.33. The van der Waals surface area contributed by atoms with E-state index in [1.54, 1.807) is 63.4 Å². The molecule has 0 unspecified atom stereocenters. The topological polar surface area (TPSA) is 89.5 Å². The highest BCUT2D eigenvalue weighted by molar-refractivity contribution is 7.98. The second-order valence-corrected chi connectivity index (χ2v) is 9.50. The summed E-state index contributed by atoms with van der Waals surface area (Å²) in [5.74, 6) is 0.0319. The smallest absolute Gasteiger partial charge is 0.444 e. The lowest BCUT2D eigenvalue weighted by molar-refractivity contribution is -0.274. The van der Waals surface area contributed by atoms with Crippen molar-refractivity contribution in [2.24, 2.45) is 0 Å². The molecule has 190 valence electrons. The van der Waals surface area contributed by atoms with Gasteiger partial charge < -0.3 is 14.8 Å². The van der Waals surface area contributed by atoms with E-state index in [9.17, 15) is 22.8 Å². The fraction of sp³-hybridized carbons (Fsp3) is 0.240. The molecule has 7 nitrogen and oxygen atoms in total. The van der Waals surface area contributed by atoms with E-state index in [4.69, 9.17) is 4.74 Å². The quantitative estimate of drug-likeness (QED) is 0.331. The Bertz CT molecular complexity index is 1210. The van der Waals surface area contributed by atoms with Crippen LogP contribution in [0.1, 0.15) is 36.7 Å². The van der Waals surface area contributed by atoms with Crippen LogP contribution in [-0.2, 0) is 10.5 Å². The first-order chi connectivity index (χ1) is 16.9. The largest absolute Gasteiger partial charge is 0.573 e. The van der Waals surface area contributed by atoms with Gasteiger partial charge in [-0.2, -0.15) is 0 Å². The number of hydrogen-bond acceptors (Lipinski definition) is 6. The zero-order chi connectivity index (χ0) is 26.3. The van der Waals surface area contributed by atoms with Crippen LogP contribution in [0.3, 0.4) is 0 Å². The number of pyridine rings is 1. The molecule has 0 aliphatic heterocycles. The molecule has 0 aliphatic carbocycles. The molecule has 0 saturated carbocycles. The number of nitrogens with zero attached hydrogens (tertiary/aromatic N) is 1. The summed E-state index contributed by atoms with van der Waals surface area (Å²) in [4.78, 5) is 29.7. The normalized spacial score (nSPS) is 11.5. The molecular formula is C25H24F3N3O4S. The minimum absolute atomic E-state index is 0.321. The average Bonchev–Trinajstić information content (AvgIpc) is 2.77. The first kappa shape index (κ1) is 26.9. The van der Waals surface area contributed by atoms with Crippen molar-refractivity contribution >= 4 is 35.3 Å². The van der Waals surface area contributed by atoms with Gasteiger partial charge in [-0.3, -0.25) is 10.1 Å². The van der Waals surface area contributed by atoms with Crippen LogP contribution in [0.5, 0.6) is 5.75 Å². The first-order valence-electron chi connectivity index (χ1n) is 10.7. The summed E-state index contributed by atoms with van der Waals surface area (Å²) in [6.07, 6.45) is -3.84. The zero-order valence-corrected chi connectivity index (χ0v) is 20.5. The number of benzene rings is 2. The van der Waals surface area contributed by atoms with E-state index in [0.717, 1.165) is 17.7 Å². The maximum absolute atomic E-state index is 12.8. The Hall–Kier alpha value is -3.73. The Kier molecular flexibility index (Phi) is 8.46. The summed E-state index contributed by atoms with van der Waals surface area (Å²) in [5, 5.41) is 5.27. The molecule has 1 heterocycles. The van der Waals surface area contributed by atoms with Gasteiger partial charge in [-0.1, -0.05) is 12.1 Å². The van der Waals surface area contributed by atoms with Gasteiger partial charge in [0.15, 0.2) is 0 Å². The van der Waals surface area contributed by atoms with Crippen LogP contribution < -0.4 is 15.4 Å². The van der Waals surface area contributed by atoms with Gasteiger partial charge in [-0.05, 0) is 74.9 Å². The summed E-state index contributed by atoms with van der Waals surface area (Å²) in [6, 6.07) is 15.4. The Morgan fingerprint density at radius 1 is 0.972 bits per heavy atom. The molecule has 0 radical (unpaired) electrons. The van der Waals surface area contributed by atoms with Crippen molar-refractivity contribution in [3.63, 3.8) is 0 Å². The number of ether oxygens (including phenoxy) is 2. The van der Waals surface area contributed by atoms with Crippen LogP contribution in [0.15, 0.2) is 71.8 Å². The highest BCUT2D eigenvalue weighted by Crippen LogP contribution is 2.28. The van der Waals surface area contributed by atoms with Gasteiger partial charge >= 0.3 is 12.5 Å². The number of anilines is 2. The van der Waals surface area contributed by atoms with Crippen LogP contribution in [0, 0.1) is 0 Å². The molecule has 3 rings (SSSR count). The fourth-order valence-electron chi connectivity index (χ4n) is 2.92. The number of nitrogens with one attached hydrogen (secondary N) is 2. The van der Waals surface area contributed by atoms with Gasteiger partial charge in [0.1, 0.15) is 17.2 Å². The van der Waals surface area contributed by atoms with Crippen molar-refractivity contribution in [2.75, 3.05) is 10.6 Å². The summed E-state index contributed by atoms with van der Waals surface area (Å²) < 4.78 is 46.1. The molecule has 0 aliphatic rings. The molecule has 36 heavy (non-hydrogen) atoms. The van der Waals surface area contributed by atoms with Crippen molar-refractivity contribution in [1.82, 2.24) is 4.98 Å². The lowest BCUT2D eigenvalue weighted by Gasteiger charge is -2.19. The number of carbonyl (C=O) groups is 2. The molecule has 1 aromatic heterocycles. The SMILES string of the molecule is CC(C)(C)OC(=O)Nc1cc(CSc2ccccc2C(=O)Nc2ccc(OC(F)(F)F)cc2)ccn1. The predicted octanol–water partition coefficient (Wildman–Crippen LogP) is 6.87. The van der Waals surface area contributed by atoms with Gasteiger partial charge in [0.2, 0.25) is 0 Å². The van der Waals surface area contributed by atoms with Crippen molar-refractivity contribution in [1.29, 1.82) is 0 Å². The number of alkyl halides is 3. The zero-order valence-electron chi connectivity index (χ0n) is 19.7. The van der Waals surface area contributed by atoms with E-state index in [-0.39, 0.29) is 5.75 Å². The van der Waals surface area contributed by atoms with Crippen LogP contribution in [0.2, 0.25) is 0 Å². The minimum atomic E-state index is -4.79. The first-order valence-corrected chi connectivity index (χ1v) is 11.7. The van der Waals surface area contributed by atoms with Crippen molar-refractivity contribution < 1.29 is 32.2 Å². The monoisotopic (exact) mass is 519 g/mol. The minimum Gasteiger partial charge on any atom is -0.444 e. The summed E-state index contributed by atoms with van der Waals surface area (Å²) in [6.45, 7) is 5.29. The van der Waals surface area contributed by atoms with Gasteiger partial charge in [0.25, 0.3) is 5.91 Å². The number of rotatable bonds is 7. The van der Waals surface area contributed by atoms with E-state index in [2.05, 4.69) is 20.4 Å². The molecule has 0 saturated heterocycles. The molecule has 2 aromatic carbocycles. The number of aromatic nitrogens is 1. The van der Waals surface area contributed by atoms with E-state index < -0.39 is 24.0 Å². The molecular weight excluding hydrogens is 495 g/mol. The van der Waals surface area contributed by atoms with Crippen LogP contribution in [0.25, 0.3) is 0 Å². The molecule has 11 heteroatoms. The van der Waals surface area contributed by atoms with Crippen molar-refractivity contribution in [2.45, 2.75) is 43.4 Å². The van der Waals surface area contributed by atoms with Gasteiger partial charge in [-0.25, -0.2) is 9.78 Å². The number of amides is 2. The average molecular weight is 520 g/mol. The molecule has 2 N–H and O–H groups in total. The molecule has 2 amide bonds. The van der Waals surface area contributed by atoms with Gasteiger partial charge in [0.05, 0.1) is 5.56 Å². The molecule has 0 atom stereocenters. The number of hydrogen-bond donors (Lipinski definition) is 2. The number of carbonyl (C=O) groups excluding carboxylic acids is 2. The third kappa shape index (κ3) is 8.81. The lowest BCUT2D eigenvalue weighted by Crippen LogP contribution is -2.27. The fourth-order valence-corrected chi connectivity index (χ4v) is 3.91. The maximum Gasteiger partial charge on any atom is 0.573 e. The number of thioether (sulfide) groups is 1. The highest BCUT2D eigenvalue weighted by Gasteiger charge is 2.31. The lowest BCUT2D eigenvalue weighted by atomic mass is 10.2. The van der Waals surface area contributed by atoms with Crippen LogP contribution >= 0.6 is 11.8 Å². The van der Waals surface area contributed by atoms with E-state index >= 15 is 0 Å².